The van der Waals surface area contributed by atoms with Crippen LogP contribution in [0.5, 0.6) is 5.75 Å². The molecule has 2 aromatic rings. The maximum atomic E-state index is 14.0. The minimum Gasteiger partial charge on any atom is -0.496 e. The van der Waals surface area contributed by atoms with Crippen molar-refractivity contribution in [2.45, 2.75) is 26.4 Å². The monoisotopic (exact) mass is 263 g/mol. The van der Waals surface area contributed by atoms with Gasteiger partial charge in [0.25, 0.3) is 0 Å². The van der Waals surface area contributed by atoms with Gasteiger partial charge in [-0.25, -0.2) is 4.39 Å². The molecule has 0 aliphatic heterocycles. The van der Waals surface area contributed by atoms with Crippen molar-refractivity contribution in [3.63, 3.8) is 0 Å². The summed E-state index contributed by atoms with van der Waals surface area (Å²) in [6, 6.07) is 5.13. The largest absolute Gasteiger partial charge is 0.496 e. The minimum absolute atomic E-state index is 0.325. The summed E-state index contributed by atoms with van der Waals surface area (Å²) in [5.74, 6) is 0.171. The second kappa shape index (κ2) is 5.84. The van der Waals surface area contributed by atoms with Crippen molar-refractivity contribution < 1.29 is 9.13 Å². The molecule has 2 rings (SSSR count). The molecule has 0 spiro atoms. The SMILES string of the molecule is COc1cccc(F)c1-c1[nH]ncc1CNC(C)C. The van der Waals surface area contributed by atoms with Crippen molar-refractivity contribution in [1.82, 2.24) is 15.5 Å². The van der Waals surface area contributed by atoms with Crippen LogP contribution in [0.15, 0.2) is 24.4 Å². The molecular formula is C14H18FN3O. The van der Waals surface area contributed by atoms with Crippen LogP contribution >= 0.6 is 0 Å². The lowest BCUT2D eigenvalue weighted by molar-refractivity contribution is 0.413. The van der Waals surface area contributed by atoms with E-state index in [2.05, 4.69) is 29.4 Å². The number of aromatic amines is 1. The average Bonchev–Trinajstić information content (AvgIpc) is 2.83. The summed E-state index contributed by atoms with van der Waals surface area (Å²) >= 11 is 0. The van der Waals surface area contributed by atoms with Crippen LogP contribution in [0.2, 0.25) is 0 Å². The summed E-state index contributed by atoms with van der Waals surface area (Å²) in [7, 11) is 1.53. The number of H-pyrrole nitrogens is 1. The summed E-state index contributed by atoms with van der Waals surface area (Å²) < 4.78 is 19.3. The molecule has 102 valence electrons. The topological polar surface area (TPSA) is 49.9 Å². The van der Waals surface area contributed by atoms with Gasteiger partial charge in [0.05, 0.1) is 24.6 Å². The zero-order valence-corrected chi connectivity index (χ0v) is 11.3. The van der Waals surface area contributed by atoms with E-state index in [0.717, 1.165) is 5.56 Å². The summed E-state index contributed by atoms with van der Waals surface area (Å²) in [4.78, 5) is 0. The third kappa shape index (κ3) is 2.93. The van der Waals surface area contributed by atoms with Crippen LogP contribution in [-0.4, -0.2) is 23.3 Å². The fourth-order valence-electron chi connectivity index (χ4n) is 1.89. The van der Waals surface area contributed by atoms with Gasteiger partial charge in [-0.15, -0.1) is 0 Å². The molecule has 0 aliphatic carbocycles. The Morgan fingerprint density at radius 1 is 1.42 bits per heavy atom. The molecule has 0 amide bonds. The van der Waals surface area contributed by atoms with Crippen molar-refractivity contribution in [1.29, 1.82) is 0 Å². The van der Waals surface area contributed by atoms with Gasteiger partial charge in [-0.1, -0.05) is 19.9 Å². The molecule has 4 nitrogen and oxygen atoms in total. The van der Waals surface area contributed by atoms with Gasteiger partial charge in [0, 0.05) is 18.2 Å². The smallest absolute Gasteiger partial charge is 0.136 e. The zero-order valence-electron chi connectivity index (χ0n) is 11.3. The Morgan fingerprint density at radius 3 is 2.89 bits per heavy atom. The number of rotatable bonds is 5. The number of benzene rings is 1. The lowest BCUT2D eigenvalue weighted by Gasteiger charge is -2.11. The molecule has 0 radical (unpaired) electrons. The number of ether oxygens (including phenoxy) is 1. The third-order valence-electron chi connectivity index (χ3n) is 2.86. The normalized spacial score (nSPS) is 11.0. The van der Waals surface area contributed by atoms with E-state index in [1.165, 1.54) is 13.2 Å². The van der Waals surface area contributed by atoms with Crippen molar-refractivity contribution in [2.75, 3.05) is 7.11 Å². The molecule has 1 aromatic heterocycles. The molecule has 1 aromatic carbocycles. The Kier molecular flexibility index (Phi) is 4.16. The Morgan fingerprint density at radius 2 is 2.21 bits per heavy atom. The molecule has 2 N–H and O–H groups in total. The molecule has 0 aliphatic rings. The van der Waals surface area contributed by atoms with E-state index in [0.29, 0.717) is 29.6 Å². The molecule has 19 heavy (non-hydrogen) atoms. The van der Waals surface area contributed by atoms with Gasteiger partial charge in [0.15, 0.2) is 0 Å². The number of hydrogen-bond acceptors (Lipinski definition) is 3. The molecular weight excluding hydrogens is 245 g/mol. The van der Waals surface area contributed by atoms with Crippen LogP contribution in [0, 0.1) is 5.82 Å². The van der Waals surface area contributed by atoms with Crippen LogP contribution in [0.1, 0.15) is 19.4 Å². The van der Waals surface area contributed by atoms with E-state index in [1.54, 1.807) is 18.3 Å². The highest BCUT2D eigenvalue weighted by molar-refractivity contribution is 5.70. The lowest BCUT2D eigenvalue weighted by Crippen LogP contribution is -2.21. The lowest BCUT2D eigenvalue weighted by atomic mass is 10.1. The number of nitrogens with one attached hydrogen (secondary N) is 2. The first-order valence-electron chi connectivity index (χ1n) is 6.22. The molecule has 0 atom stereocenters. The summed E-state index contributed by atoms with van der Waals surface area (Å²) in [5.41, 5.74) is 1.99. The summed E-state index contributed by atoms with van der Waals surface area (Å²) in [6.07, 6.45) is 1.70. The zero-order chi connectivity index (χ0) is 13.8. The Hall–Kier alpha value is -1.88. The first-order valence-corrected chi connectivity index (χ1v) is 6.22. The van der Waals surface area contributed by atoms with Gasteiger partial charge in [-0.2, -0.15) is 5.10 Å². The molecule has 5 heteroatoms. The Bertz CT molecular complexity index is 551. The quantitative estimate of drug-likeness (QED) is 0.872. The van der Waals surface area contributed by atoms with Crippen LogP contribution in [0.25, 0.3) is 11.3 Å². The number of nitrogens with zero attached hydrogens (tertiary/aromatic N) is 1. The Balaban J connectivity index is 2.40. The molecule has 0 fully saturated rings. The van der Waals surface area contributed by atoms with E-state index in [9.17, 15) is 4.39 Å². The molecule has 0 saturated heterocycles. The first-order chi connectivity index (χ1) is 9.13. The fraction of sp³-hybridized carbons (Fsp3) is 0.357. The van der Waals surface area contributed by atoms with Crippen molar-refractivity contribution >= 4 is 0 Å². The van der Waals surface area contributed by atoms with Gasteiger partial charge in [-0.3, -0.25) is 5.10 Å². The number of hydrogen-bond donors (Lipinski definition) is 2. The van der Waals surface area contributed by atoms with E-state index in [-0.39, 0.29) is 5.82 Å². The van der Waals surface area contributed by atoms with Crippen LogP contribution in [-0.2, 0) is 6.54 Å². The van der Waals surface area contributed by atoms with Crippen LogP contribution in [0.4, 0.5) is 4.39 Å². The standard InChI is InChI=1S/C14H18FN3O/c1-9(2)16-7-10-8-17-18-14(10)13-11(15)5-4-6-12(13)19-3/h4-6,8-9,16H,7H2,1-3H3,(H,17,18). The number of aromatic nitrogens is 2. The molecule has 0 saturated carbocycles. The van der Waals surface area contributed by atoms with E-state index in [1.807, 2.05) is 0 Å². The van der Waals surface area contributed by atoms with Gasteiger partial charge >= 0.3 is 0 Å². The highest BCUT2D eigenvalue weighted by Crippen LogP contribution is 2.33. The van der Waals surface area contributed by atoms with Gasteiger partial charge < -0.3 is 10.1 Å². The predicted octanol–water partition coefficient (Wildman–Crippen LogP) is 2.72. The van der Waals surface area contributed by atoms with E-state index >= 15 is 0 Å². The highest BCUT2D eigenvalue weighted by atomic mass is 19.1. The predicted molar refractivity (Wildman–Crippen MR) is 72.5 cm³/mol. The van der Waals surface area contributed by atoms with Crippen molar-refractivity contribution in [3.05, 3.63) is 35.8 Å². The molecule has 0 unspecified atom stereocenters. The molecule has 0 bridgehead atoms. The van der Waals surface area contributed by atoms with Gasteiger partial charge in [-0.05, 0) is 12.1 Å². The van der Waals surface area contributed by atoms with Gasteiger partial charge in [0.2, 0.25) is 0 Å². The van der Waals surface area contributed by atoms with Crippen molar-refractivity contribution in [3.8, 4) is 17.0 Å². The van der Waals surface area contributed by atoms with Gasteiger partial charge in [0.1, 0.15) is 11.6 Å². The maximum absolute atomic E-state index is 14.0. The van der Waals surface area contributed by atoms with Crippen LogP contribution in [0.3, 0.4) is 0 Å². The van der Waals surface area contributed by atoms with Crippen LogP contribution < -0.4 is 10.1 Å². The highest BCUT2D eigenvalue weighted by Gasteiger charge is 2.16. The fourth-order valence-corrected chi connectivity index (χ4v) is 1.89. The maximum Gasteiger partial charge on any atom is 0.136 e. The number of halogens is 1. The Labute approximate surface area is 112 Å². The average molecular weight is 263 g/mol. The second-order valence-corrected chi connectivity index (χ2v) is 4.62. The number of methoxy groups -OCH3 is 1. The molecule has 1 heterocycles. The summed E-state index contributed by atoms with van der Waals surface area (Å²) in [5, 5.41) is 10.1. The minimum atomic E-state index is -0.325. The summed E-state index contributed by atoms with van der Waals surface area (Å²) in [6.45, 7) is 4.74. The van der Waals surface area contributed by atoms with Crippen molar-refractivity contribution in [2.24, 2.45) is 0 Å². The first kappa shape index (κ1) is 13.5. The van der Waals surface area contributed by atoms with E-state index < -0.39 is 0 Å². The second-order valence-electron chi connectivity index (χ2n) is 4.62. The third-order valence-corrected chi connectivity index (χ3v) is 2.86. The van der Waals surface area contributed by atoms with E-state index in [4.69, 9.17) is 4.74 Å².